The zero-order valence-corrected chi connectivity index (χ0v) is 12.0. The second-order valence-electron chi connectivity index (χ2n) is 4.88. The molecule has 0 aliphatic rings. The lowest BCUT2D eigenvalue weighted by molar-refractivity contribution is 0.395. The van der Waals surface area contributed by atoms with Gasteiger partial charge in [-0.3, -0.25) is 0 Å². The van der Waals surface area contributed by atoms with Crippen LogP contribution < -0.4 is 5.32 Å². The highest BCUT2D eigenvalue weighted by molar-refractivity contribution is 9.10. The normalized spacial score (nSPS) is 13.1. The SMILES string of the molecule is CNCC(Cc1ccc(Br)cc1)CC(C)C. The summed E-state index contributed by atoms with van der Waals surface area (Å²) in [5.74, 6) is 1.51. The summed E-state index contributed by atoms with van der Waals surface area (Å²) in [6, 6.07) is 8.68. The summed E-state index contributed by atoms with van der Waals surface area (Å²) >= 11 is 3.47. The molecule has 0 aliphatic heterocycles. The van der Waals surface area contributed by atoms with Crippen LogP contribution >= 0.6 is 15.9 Å². The van der Waals surface area contributed by atoms with Crippen molar-refractivity contribution in [3.8, 4) is 0 Å². The van der Waals surface area contributed by atoms with Gasteiger partial charge in [-0.15, -0.1) is 0 Å². The highest BCUT2D eigenvalue weighted by atomic mass is 79.9. The molecule has 1 unspecified atom stereocenters. The summed E-state index contributed by atoms with van der Waals surface area (Å²) in [6.45, 7) is 5.70. The summed E-state index contributed by atoms with van der Waals surface area (Å²) in [5.41, 5.74) is 1.43. The fraction of sp³-hybridized carbons (Fsp3) is 0.571. The van der Waals surface area contributed by atoms with Gasteiger partial charge in [0.15, 0.2) is 0 Å². The molecule has 0 spiro atoms. The van der Waals surface area contributed by atoms with Crippen LogP contribution in [0.2, 0.25) is 0 Å². The van der Waals surface area contributed by atoms with Crippen LogP contribution in [0.5, 0.6) is 0 Å². The van der Waals surface area contributed by atoms with E-state index in [2.05, 4.69) is 59.4 Å². The first-order chi connectivity index (χ1) is 7.61. The Labute approximate surface area is 108 Å². The second kappa shape index (κ2) is 7.08. The standard InChI is InChI=1S/C14H22BrN/c1-11(2)8-13(10-16-3)9-12-4-6-14(15)7-5-12/h4-7,11,13,16H,8-10H2,1-3H3. The van der Waals surface area contributed by atoms with E-state index >= 15 is 0 Å². The van der Waals surface area contributed by atoms with Crippen LogP contribution in [0.1, 0.15) is 25.8 Å². The minimum absolute atomic E-state index is 0.742. The van der Waals surface area contributed by atoms with Crippen molar-refractivity contribution in [1.82, 2.24) is 5.32 Å². The third kappa shape index (κ3) is 5.13. The third-order valence-electron chi connectivity index (χ3n) is 2.74. The number of halogens is 1. The largest absolute Gasteiger partial charge is 0.319 e. The summed E-state index contributed by atoms with van der Waals surface area (Å²) < 4.78 is 1.16. The molecule has 1 N–H and O–H groups in total. The third-order valence-corrected chi connectivity index (χ3v) is 3.26. The van der Waals surface area contributed by atoms with E-state index in [1.165, 1.54) is 18.4 Å². The van der Waals surface area contributed by atoms with E-state index in [0.717, 1.165) is 22.9 Å². The Kier molecular flexibility index (Phi) is 6.07. The van der Waals surface area contributed by atoms with Gasteiger partial charge in [-0.2, -0.15) is 0 Å². The van der Waals surface area contributed by atoms with Crippen molar-refractivity contribution < 1.29 is 0 Å². The molecular formula is C14H22BrN. The van der Waals surface area contributed by atoms with Gasteiger partial charge in [-0.25, -0.2) is 0 Å². The summed E-state index contributed by atoms with van der Waals surface area (Å²) in [7, 11) is 2.04. The van der Waals surface area contributed by atoms with Crippen molar-refractivity contribution in [2.75, 3.05) is 13.6 Å². The van der Waals surface area contributed by atoms with Gasteiger partial charge in [-0.1, -0.05) is 41.9 Å². The van der Waals surface area contributed by atoms with Crippen LogP contribution in [-0.2, 0) is 6.42 Å². The van der Waals surface area contributed by atoms with E-state index in [-0.39, 0.29) is 0 Å². The van der Waals surface area contributed by atoms with Gasteiger partial charge in [0.1, 0.15) is 0 Å². The Morgan fingerprint density at radius 1 is 1.19 bits per heavy atom. The predicted molar refractivity (Wildman–Crippen MR) is 74.7 cm³/mol. The number of benzene rings is 1. The van der Waals surface area contributed by atoms with E-state index in [1.54, 1.807) is 0 Å². The molecule has 90 valence electrons. The lowest BCUT2D eigenvalue weighted by atomic mass is 9.91. The molecule has 0 radical (unpaired) electrons. The van der Waals surface area contributed by atoms with Crippen molar-refractivity contribution >= 4 is 15.9 Å². The minimum atomic E-state index is 0.742. The monoisotopic (exact) mass is 283 g/mol. The minimum Gasteiger partial charge on any atom is -0.319 e. The van der Waals surface area contributed by atoms with Crippen LogP contribution in [0.4, 0.5) is 0 Å². The maximum Gasteiger partial charge on any atom is 0.0175 e. The van der Waals surface area contributed by atoms with Gasteiger partial charge in [0.2, 0.25) is 0 Å². The maximum atomic E-state index is 3.47. The number of nitrogens with one attached hydrogen (secondary N) is 1. The van der Waals surface area contributed by atoms with E-state index in [0.29, 0.717) is 0 Å². The van der Waals surface area contributed by atoms with Crippen LogP contribution in [0, 0.1) is 11.8 Å². The van der Waals surface area contributed by atoms with E-state index in [4.69, 9.17) is 0 Å². The van der Waals surface area contributed by atoms with Gasteiger partial charge in [-0.05, 0) is 56.0 Å². The Balaban J connectivity index is 2.56. The molecule has 1 aromatic rings. The lowest BCUT2D eigenvalue weighted by Gasteiger charge is -2.18. The topological polar surface area (TPSA) is 12.0 Å². The predicted octanol–water partition coefficient (Wildman–Crippen LogP) is 3.87. The lowest BCUT2D eigenvalue weighted by Crippen LogP contribution is -2.22. The summed E-state index contributed by atoms with van der Waals surface area (Å²) in [6.07, 6.45) is 2.46. The Hall–Kier alpha value is -0.340. The van der Waals surface area contributed by atoms with Crippen molar-refractivity contribution in [2.45, 2.75) is 26.7 Å². The molecule has 0 bridgehead atoms. The van der Waals surface area contributed by atoms with Crippen LogP contribution in [-0.4, -0.2) is 13.6 Å². The van der Waals surface area contributed by atoms with E-state index < -0.39 is 0 Å². The van der Waals surface area contributed by atoms with Gasteiger partial charge < -0.3 is 5.32 Å². The molecule has 0 saturated carbocycles. The first-order valence-corrected chi connectivity index (χ1v) is 6.80. The molecule has 1 nitrogen and oxygen atoms in total. The molecule has 2 heteroatoms. The molecular weight excluding hydrogens is 262 g/mol. The van der Waals surface area contributed by atoms with Crippen LogP contribution in [0.15, 0.2) is 28.7 Å². The first-order valence-electron chi connectivity index (χ1n) is 6.01. The van der Waals surface area contributed by atoms with Crippen LogP contribution in [0.25, 0.3) is 0 Å². The maximum absolute atomic E-state index is 3.47. The highest BCUT2D eigenvalue weighted by Crippen LogP contribution is 2.18. The van der Waals surface area contributed by atoms with Gasteiger partial charge in [0.05, 0.1) is 0 Å². The molecule has 0 aromatic heterocycles. The van der Waals surface area contributed by atoms with Gasteiger partial charge >= 0.3 is 0 Å². The number of hydrogen-bond acceptors (Lipinski definition) is 1. The highest BCUT2D eigenvalue weighted by Gasteiger charge is 2.10. The van der Waals surface area contributed by atoms with Crippen molar-refractivity contribution in [2.24, 2.45) is 11.8 Å². The second-order valence-corrected chi connectivity index (χ2v) is 5.80. The average Bonchev–Trinajstić information content (AvgIpc) is 2.21. The molecule has 1 aromatic carbocycles. The van der Waals surface area contributed by atoms with Gasteiger partial charge in [0.25, 0.3) is 0 Å². The van der Waals surface area contributed by atoms with Crippen LogP contribution in [0.3, 0.4) is 0 Å². The summed E-state index contributed by atoms with van der Waals surface area (Å²) in [4.78, 5) is 0. The fourth-order valence-corrected chi connectivity index (χ4v) is 2.41. The number of rotatable bonds is 6. The molecule has 0 amide bonds. The zero-order valence-electron chi connectivity index (χ0n) is 10.5. The molecule has 0 heterocycles. The van der Waals surface area contributed by atoms with Crippen molar-refractivity contribution in [3.63, 3.8) is 0 Å². The van der Waals surface area contributed by atoms with Crippen molar-refractivity contribution in [1.29, 1.82) is 0 Å². The fourth-order valence-electron chi connectivity index (χ4n) is 2.15. The average molecular weight is 284 g/mol. The molecule has 1 atom stereocenters. The summed E-state index contributed by atoms with van der Waals surface area (Å²) in [5, 5.41) is 3.30. The zero-order chi connectivity index (χ0) is 12.0. The van der Waals surface area contributed by atoms with E-state index in [1.807, 2.05) is 7.05 Å². The molecule has 0 saturated heterocycles. The Morgan fingerprint density at radius 3 is 2.31 bits per heavy atom. The van der Waals surface area contributed by atoms with Crippen molar-refractivity contribution in [3.05, 3.63) is 34.3 Å². The Bertz CT molecular complexity index is 292. The molecule has 0 fully saturated rings. The first kappa shape index (κ1) is 13.7. The quantitative estimate of drug-likeness (QED) is 0.836. The molecule has 16 heavy (non-hydrogen) atoms. The Morgan fingerprint density at radius 2 is 1.81 bits per heavy atom. The smallest absolute Gasteiger partial charge is 0.0175 e. The number of hydrogen-bond donors (Lipinski definition) is 1. The molecule has 0 aliphatic carbocycles. The van der Waals surface area contributed by atoms with Gasteiger partial charge in [0, 0.05) is 4.47 Å². The molecule has 1 rings (SSSR count). The van der Waals surface area contributed by atoms with E-state index in [9.17, 15) is 0 Å².